The Morgan fingerprint density at radius 2 is 1.89 bits per heavy atom. The molecule has 0 amide bonds. The average Bonchev–Trinajstić information content (AvgIpc) is 2.39. The van der Waals surface area contributed by atoms with E-state index >= 15 is 0 Å². The van der Waals surface area contributed by atoms with Gasteiger partial charge in [-0.1, -0.05) is 12.1 Å². The van der Waals surface area contributed by atoms with E-state index in [0.29, 0.717) is 11.4 Å². The number of nitriles is 1. The first-order valence-electron chi connectivity index (χ1n) is 6.00. The average molecular weight is 255 g/mol. The van der Waals surface area contributed by atoms with E-state index in [0.717, 1.165) is 11.3 Å². The Morgan fingerprint density at radius 1 is 1.21 bits per heavy atom. The van der Waals surface area contributed by atoms with Gasteiger partial charge in [-0.15, -0.1) is 0 Å². The minimum Gasteiger partial charge on any atom is -0.362 e. The SMILES string of the molecule is Cc1ccc(C#N)c(NC(C)c2ccc(F)cc2)n1. The molecule has 1 heterocycles. The molecule has 3 nitrogen and oxygen atoms in total. The summed E-state index contributed by atoms with van der Waals surface area (Å²) in [5.41, 5.74) is 2.28. The van der Waals surface area contributed by atoms with Crippen LogP contribution >= 0.6 is 0 Å². The van der Waals surface area contributed by atoms with Crippen LogP contribution in [0.1, 0.15) is 29.8 Å². The number of rotatable bonds is 3. The number of benzene rings is 1. The molecular weight excluding hydrogens is 241 g/mol. The Labute approximate surface area is 111 Å². The fraction of sp³-hybridized carbons (Fsp3) is 0.200. The summed E-state index contributed by atoms with van der Waals surface area (Å²) in [4.78, 5) is 4.32. The van der Waals surface area contributed by atoms with E-state index in [1.165, 1.54) is 12.1 Å². The fourth-order valence-corrected chi connectivity index (χ4v) is 1.80. The van der Waals surface area contributed by atoms with Crippen molar-refractivity contribution in [1.82, 2.24) is 4.98 Å². The molecule has 1 atom stereocenters. The van der Waals surface area contributed by atoms with Crippen LogP contribution in [0.4, 0.5) is 10.2 Å². The smallest absolute Gasteiger partial charge is 0.144 e. The summed E-state index contributed by atoms with van der Waals surface area (Å²) in [5, 5.41) is 12.2. The summed E-state index contributed by atoms with van der Waals surface area (Å²) in [6.45, 7) is 3.81. The molecule has 4 heteroatoms. The van der Waals surface area contributed by atoms with Crippen molar-refractivity contribution in [3.05, 3.63) is 59.0 Å². The predicted molar refractivity (Wildman–Crippen MR) is 72.1 cm³/mol. The molecule has 1 unspecified atom stereocenters. The van der Waals surface area contributed by atoms with E-state index < -0.39 is 0 Å². The molecule has 19 heavy (non-hydrogen) atoms. The molecular formula is C15H14FN3. The van der Waals surface area contributed by atoms with Crippen LogP contribution in [0.15, 0.2) is 36.4 Å². The van der Waals surface area contributed by atoms with Crippen molar-refractivity contribution in [2.45, 2.75) is 19.9 Å². The molecule has 0 aliphatic rings. The lowest BCUT2D eigenvalue weighted by Crippen LogP contribution is -2.09. The first kappa shape index (κ1) is 13.0. The second kappa shape index (κ2) is 5.49. The summed E-state index contributed by atoms with van der Waals surface area (Å²) in [6.07, 6.45) is 0. The molecule has 1 aromatic heterocycles. The Bertz CT molecular complexity index is 614. The molecule has 1 aromatic carbocycles. The van der Waals surface area contributed by atoms with Crippen molar-refractivity contribution in [3.63, 3.8) is 0 Å². The maximum absolute atomic E-state index is 12.9. The Hall–Kier alpha value is -2.41. The molecule has 96 valence electrons. The number of aryl methyl sites for hydroxylation is 1. The van der Waals surface area contributed by atoms with Crippen LogP contribution in [-0.2, 0) is 0 Å². The number of aromatic nitrogens is 1. The summed E-state index contributed by atoms with van der Waals surface area (Å²) >= 11 is 0. The molecule has 0 saturated heterocycles. The Kier molecular flexibility index (Phi) is 3.76. The molecule has 0 radical (unpaired) electrons. The van der Waals surface area contributed by atoms with Gasteiger partial charge in [0.05, 0.1) is 5.56 Å². The van der Waals surface area contributed by atoms with E-state index in [1.54, 1.807) is 24.3 Å². The number of pyridine rings is 1. The van der Waals surface area contributed by atoms with Crippen LogP contribution in [0.25, 0.3) is 0 Å². The lowest BCUT2D eigenvalue weighted by Gasteiger charge is -2.16. The zero-order valence-corrected chi connectivity index (χ0v) is 10.8. The standard InChI is InChI=1S/C15H14FN3/c1-10-3-4-13(9-17)15(18-10)19-11(2)12-5-7-14(16)8-6-12/h3-8,11H,1-2H3,(H,18,19). The number of nitrogens with one attached hydrogen (secondary N) is 1. The van der Waals surface area contributed by atoms with Crippen LogP contribution in [0.3, 0.4) is 0 Å². The van der Waals surface area contributed by atoms with Crippen LogP contribution in [0.5, 0.6) is 0 Å². The van der Waals surface area contributed by atoms with Crippen LogP contribution < -0.4 is 5.32 Å². The Balaban J connectivity index is 2.23. The molecule has 0 spiro atoms. The van der Waals surface area contributed by atoms with Gasteiger partial charge in [-0.25, -0.2) is 9.37 Å². The van der Waals surface area contributed by atoms with Crippen LogP contribution in [0.2, 0.25) is 0 Å². The van der Waals surface area contributed by atoms with Crippen LogP contribution in [-0.4, -0.2) is 4.98 Å². The summed E-state index contributed by atoms with van der Waals surface area (Å²) in [7, 11) is 0. The molecule has 1 N–H and O–H groups in total. The maximum atomic E-state index is 12.9. The largest absolute Gasteiger partial charge is 0.362 e. The zero-order chi connectivity index (χ0) is 13.8. The monoisotopic (exact) mass is 255 g/mol. The van der Waals surface area contributed by atoms with Gasteiger partial charge >= 0.3 is 0 Å². The van der Waals surface area contributed by atoms with Gasteiger partial charge in [-0.2, -0.15) is 5.26 Å². The second-order valence-corrected chi connectivity index (χ2v) is 4.38. The third-order valence-corrected chi connectivity index (χ3v) is 2.88. The maximum Gasteiger partial charge on any atom is 0.144 e. The van der Waals surface area contributed by atoms with Gasteiger partial charge in [-0.3, -0.25) is 0 Å². The van der Waals surface area contributed by atoms with E-state index in [4.69, 9.17) is 5.26 Å². The second-order valence-electron chi connectivity index (χ2n) is 4.38. The van der Waals surface area contributed by atoms with Crippen molar-refractivity contribution in [2.24, 2.45) is 0 Å². The molecule has 2 rings (SSSR count). The first-order chi connectivity index (χ1) is 9.10. The van der Waals surface area contributed by atoms with Crippen molar-refractivity contribution < 1.29 is 4.39 Å². The van der Waals surface area contributed by atoms with Crippen molar-refractivity contribution in [3.8, 4) is 6.07 Å². The van der Waals surface area contributed by atoms with Gasteiger partial charge < -0.3 is 5.32 Å². The van der Waals surface area contributed by atoms with Gasteiger partial charge in [0, 0.05) is 11.7 Å². The predicted octanol–water partition coefficient (Wildman–Crippen LogP) is 3.57. The van der Waals surface area contributed by atoms with Gasteiger partial charge in [0.25, 0.3) is 0 Å². The topological polar surface area (TPSA) is 48.7 Å². The van der Waals surface area contributed by atoms with Gasteiger partial charge in [-0.05, 0) is 43.7 Å². The lowest BCUT2D eigenvalue weighted by molar-refractivity contribution is 0.626. The molecule has 0 bridgehead atoms. The third-order valence-electron chi connectivity index (χ3n) is 2.88. The number of anilines is 1. The highest BCUT2D eigenvalue weighted by Crippen LogP contribution is 2.21. The van der Waals surface area contributed by atoms with Gasteiger partial charge in [0.2, 0.25) is 0 Å². The Morgan fingerprint density at radius 3 is 2.53 bits per heavy atom. The number of nitrogens with zero attached hydrogens (tertiary/aromatic N) is 2. The lowest BCUT2D eigenvalue weighted by atomic mass is 10.1. The van der Waals surface area contributed by atoms with Gasteiger partial charge in [0.15, 0.2) is 0 Å². The highest BCUT2D eigenvalue weighted by atomic mass is 19.1. The highest BCUT2D eigenvalue weighted by molar-refractivity contribution is 5.53. The molecule has 2 aromatic rings. The minimum absolute atomic E-state index is 0.0537. The highest BCUT2D eigenvalue weighted by Gasteiger charge is 2.10. The molecule has 0 aliphatic heterocycles. The number of hydrogen-bond donors (Lipinski definition) is 1. The van der Waals surface area contributed by atoms with E-state index in [9.17, 15) is 4.39 Å². The minimum atomic E-state index is -0.262. The third kappa shape index (κ3) is 3.08. The van der Waals surface area contributed by atoms with E-state index in [1.807, 2.05) is 13.8 Å². The molecule has 0 saturated carbocycles. The summed E-state index contributed by atoms with van der Waals surface area (Å²) in [5.74, 6) is 0.293. The number of halogens is 1. The van der Waals surface area contributed by atoms with E-state index in [-0.39, 0.29) is 11.9 Å². The number of hydrogen-bond acceptors (Lipinski definition) is 3. The molecule has 0 fully saturated rings. The van der Waals surface area contributed by atoms with Crippen LogP contribution in [0, 0.1) is 24.1 Å². The summed E-state index contributed by atoms with van der Waals surface area (Å²) < 4.78 is 12.9. The van der Waals surface area contributed by atoms with Gasteiger partial charge in [0.1, 0.15) is 17.7 Å². The molecule has 0 aliphatic carbocycles. The van der Waals surface area contributed by atoms with E-state index in [2.05, 4.69) is 16.4 Å². The first-order valence-corrected chi connectivity index (χ1v) is 6.00. The normalized spacial score (nSPS) is 11.7. The zero-order valence-electron chi connectivity index (χ0n) is 10.8. The van der Waals surface area contributed by atoms with Crippen molar-refractivity contribution >= 4 is 5.82 Å². The quantitative estimate of drug-likeness (QED) is 0.912. The fourth-order valence-electron chi connectivity index (χ4n) is 1.80. The van der Waals surface area contributed by atoms with Crippen molar-refractivity contribution in [2.75, 3.05) is 5.32 Å². The van der Waals surface area contributed by atoms with Crippen molar-refractivity contribution in [1.29, 1.82) is 5.26 Å². The summed E-state index contributed by atoms with van der Waals surface area (Å²) in [6, 6.07) is 11.9.